The summed E-state index contributed by atoms with van der Waals surface area (Å²) >= 11 is 6.46. The summed E-state index contributed by atoms with van der Waals surface area (Å²) in [5, 5.41) is 19.5. The normalized spacial score (nSPS) is 15.8. The molecule has 0 radical (unpaired) electrons. The fraction of sp³-hybridized carbons (Fsp3) is 0.346. The van der Waals surface area contributed by atoms with Gasteiger partial charge in [-0.2, -0.15) is 15.5 Å². The molecule has 1 aliphatic rings. The van der Waals surface area contributed by atoms with E-state index >= 15 is 0 Å². The van der Waals surface area contributed by atoms with Crippen molar-refractivity contribution in [3.63, 3.8) is 0 Å². The summed E-state index contributed by atoms with van der Waals surface area (Å²) in [5.41, 5.74) is 4.95. The number of aromatic nitrogens is 5. The Morgan fingerprint density at radius 1 is 1.38 bits per heavy atom. The molecule has 37 heavy (non-hydrogen) atoms. The molecule has 0 aromatic carbocycles. The Morgan fingerprint density at radius 3 is 2.95 bits per heavy atom. The lowest BCUT2D eigenvalue weighted by atomic mass is 10.0. The second-order valence-corrected chi connectivity index (χ2v) is 9.40. The molecule has 5 rings (SSSR count). The number of fused-ring (bicyclic) bond motifs is 2. The molecular weight excluding hydrogens is 494 g/mol. The maximum atomic E-state index is 11.7. The molecule has 0 aliphatic carbocycles. The first-order valence-corrected chi connectivity index (χ1v) is 12.3. The molecule has 10 nitrogen and oxygen atoms in total. The van der Waals surface area contributed by atoms with Gasteiger partial charge in [0.1, 0.15) is 17.4 Å². The third-order valence-corrected chi connectivity index (χ3v) is 6.99. The van der Waals surface area contributed by atoms with Gasteiger partial charge in [0.25, 0.3) is 0 Å². The number of nitrogens with zero attached hydrogens (tertiary/aromatic N) is 7. The number of carbonyl (C=O) groups is 1. The molecule has 0 spiro atoms. The minimum absolute atomic E-state index is 0.144. The molecule has 0 bridgehead atoms. The van der Waals surface area contributed by atoms with Gasteiger partial charge in [-0.3, -0.25) is 19.4 Å². The van der Waals surface area contributed by atoms with Gasteiger partial charge < -0.3 is 9.47 Å². The van der Waals surface area contributed by atoms with E-state index in [9.17, 15) is 10.1 Å². The molecule has 0 N–H and O–H groups in total. The van der Waals surface area contributed by atoms with E-state index in [1.165, 1.54) is 7.11 Å². The molecule has 2 atom stereocenters. The number of pyridine rings is 2. The van der Waals surface area contributed by atoms with E-state index in [4.69, 9.17) is 26.2 Å². The van der Waals surface area contributed by atoms with Gasteiger partial charge in [-0.1, -0.05) is 17.7 Å². The van der Waals surface area contributed by atoms with Gasteiger partial charge in [-0.05, 0) is 38.5 Å². The van der Waals surface area contributed by atoms with Crippen LogP contribution in [0.1, 0.15) is 42.8 Å². The summed E-state index contributed by atoms with van der Waals surface area (Å²) < 4.78 is 14.7. The number of rotatable bonds is 7. The Labute approximate surface area is 219 Å². The largest absolute Gasteiger partial charge is 0.482 e. The van der Waals surface area contributed by atoms with Crippen molar-refractivity contribution in [1.82, 2.24) is 29.3 Å². The topological polar surface area (TPSA) is 111 Å². The highest BCUT2D eigenvalue weighted by Crippen LogP contribution is 2.36. The van der Waals surface area contributed by atoms with Crippen LogP contribution in [0.5, 0.6) is 5.75 Å². The van der Waals surface area contributed by atoms with Crippen LogP contribution in [0.15, 0.2) is 42.9 Å². The Hall–Kier alpha value is -4.10. The SMILES string of the molecule is COC(=O)CC[C@H]1Cn2nc(-c3cc(O[C@H](C)c4ccccn4)c4c(Cl)cnn4c3)c(C)c2CN1C#N. The fourth-order valence-corrected chi connectivity index (χ4v) is 4.91. The van der Waals surface area contributed by atoms with E-state index in [-0.39, 0.29) is 24.5 Å². The average Bonchev–Trinajstić information content (AvgIpc) is 3.46. The highest BCUT2D eigenvalue weighted by Gasteiger charge is 2.30. The van der Waals surface area contributed by atoms with Gasteiger partial charge in [0.2, 0.25) is 0 Å². The monoisotopic (exact) mass is 519 g/mol. The number of methoxy groups -OCH3 is 1. The zero-order valence-electron chi connectivity index (χ0n) is 20.8. The van der Waals surface area contributed by atoms with Crippen molar-refractivity contribution in [2.45, 2.75) is 51.9 Å². The molecule has 0 unspecified atom stereocenters. The zero-order chi connectivity index (χ0) is 26.1. The van der Waals surface area contributed by atoms with E-state index in [1.807, 2.05) is 49.0 Å². The van der Waals surface area contributed by atoms with Crippen molar-refractivity contribution in [2.75, 3.05) is 7.11 Å². The van der Waals surface area contributed by atoms with Gasteiger partial charge in [-0.15, -0.1) is 0 Å². The summed E-state index contributed by atoms with van der Waals surface area (Å²) in [6.07, 6.45) is 7.89. The van der Waals surface area contributed by atoms with Gasteiger partial charge in [0.05, 0.1) is 54.5 Å². The molecule has 0 saturated heterocycles. The lowest BCUT2D eigenvalue weighted by molar-refractivity contribution is -0.141. The lowest BCUT2D eigenvalue weighted by Gasteiger charge is -2.32. The standard InChI is InChI=1S/C26H26ClN7O3/c1-16-22-14-32(15-28)19(7-8-24(35)36-3)13-33(22)31-25(16)18-10-23(26-20(27)11-30-34(26)12-18)37-17(2)21-6-4-5-9-29-21/h4-6,9-12,17,19H,7-8,13-14H2,1-3H3/t17-,19+/m1/s1. The first-order chi connectivity index (χ1) is 17.9. The number of esters is 1. The Bertz CT molecular complexity index is 1490. The second kappa shape index (κ2) is 10.1. The first kappa shape index (κ1) is 24.6. The number of nitriles is 1. The van der Waals surface area contributed by atoms with Crippen LogP contribution in [0.4, 0.5) is 0 Å². The van der Waals surface area contributed by atoms with Crippen molar-refractivity contribution in [3.05, 3.63) is 64.8 Å². The highest BCUT2D eigenvalue weighted by molar-refractivity contribution is 6.34. The van der Waals surface area contributed by atoms with Gasteiger partial charge in [-0.25, -0.2) is 4.52 Å². The van der Waals surface area contributed by atoms with Crippen LogP contribution >= 0.6 is 11.6 Å². The number of carbonyl (C=O) groups excluding carboxylic acids is 1. The molecule has 5 heterocycles. The van der Waals surface area contributed by atoms with Crippen LogP contribution in [0.3, 0.4) is 0 Å². The zero-order valence-corrected chi connectivity index (χ0v) is 21.5. The minimum atomic E-state index is -0.317. The Kier molecular flexibility index (Phi) is 6.72. The van der Waals surface area contributed by atoms with E-state index in [0.29, 0.717) is 35.8 Å². The van der Waals surface area contributed by atoms with E-state index < -0.39 is 0 Å². The third kappa shape index (κ3) is 4.70. The smallest absolute Gasteiger partial charge is 0.305 e. The highest BCUT2D eigenvalue weighted by atomic mass is 35.5. The summed E-state index contributed by atoms with van der Waals surface area (Å²) in [7, 11) is 1.37. The molecule has 4 aromatic heterocycles. The quantitative estimate of drug-likeness (QED) is 0.262. The van der Waals surface area contributed by atoms with Crippen LogP contribution in [-0.2, 0) is 22.6 Å². The molecule has 0 amide bonds. The van der Waals surface area contributed by atoms with Crippen LogP contribution in [0, 0.1) is 18.4 Å². The number of hydrogen-bond acceptors (Lipinski definition) is 8. The molecule has 4 aromatic rings. The predicted molar refractivity (Wildman–Crippen MR) is 136 cm³/mol. The summed E-state index contributed by atoms with van der Waals surface area (Å²) in [6, 6.07) is 7.46. The third-order valence-electron chi connectivity index (χ3n) is 6.72. The number of ether oxygens (including phenoxy) is 2. The van der Waals surface area contributed by atoms with E-state index in [2.05, 4.69) is 16.3 Å². The average molecular weight is 520 g/mol. The van der Waals surface area contributed by atoms with Gasteiger partial charge >= 0.3 is 5.97 Å². The second-order valence-electron chi connectivity index (χ2n) is 8.99. The molecule has 0 fully saturated rings. The summed E-state index contributed by atoms with van der Waals surface area (Å²) in [5.74, 6) is 0.276. The van der Waals surface area contributed by atoms with Crippen LogP contribution < -0.4 is 4.74 Å². The minimum Gasteiger partial charge on any atom is -0.482 e. The van der Waals surface area contributed by atoms with Crippen molar-refractivity contribution >= 4 is 23.1 Å². The molecule has 0 saturated carbocycles. The van der Waals surface area contributed by atoms with Gasteiger partial charge in [0.15, 0.2) is 6.19 Å². The van der Waals surface area contributed by atoms with Crippen LogP contribution in [0.25, 0.3) is 16.8 Å². The first-order valence-electron chi connectivity index (χ1n) is 11.9. The van der Waals surface area contributed by atoms with Crippen molar-refractivity contribution in [1.29, 1.82) is 5.26 Å². The van der Waals surface area contributed by atoms with Crippen LogP contribution in [-0.4, -0.2) is 48.4 Å². The molecular formula is C26H26ClN7O3. The maximum absolute atomic E-state index is 11.7. The lowest BCUT2D eigenvalue weighted by Crippen LogP contribution is -2.40. The Morgan fingerprint density at radius 2 is 2.22 bits per heavy atom. The predicted octanol–water partition coefficient (Wildman–Crippen LogP) is 4.31. The van der Waals surface area contributed by atoms with Crippen molar-refractivity contribution in [2.24, 2.45) is 0 Å². The molecule has 190 valence electrons. The number of hydrogen-bond donors (Lipinski definition) is 0. The summed E-state index contributed by atoms with van der Waals surface area (Å²) in [6.45, 7) is 4.84. The Balaban J connectivity index is 1.50. The van der Waals surface area contributed by atoms with Gasteiger partial charge in [0, 0.05) is 29.9 Å². The fourth-order valence-electron chi connectivity index (χ4n) is 4.69. The number of halogens is 1. The molecule has 1 aliphatic heterocycles. The molecule has 11 heteroatoms. The van der Waals surface area contributed by atoms with Crippen LogP contribution in [0.2, 0.25) is 5.02 Å². The van der Waals surface area contributed by atoms with Crippen molar-refractivity contribution in [3.8, 4) is 23.2 Å². The van der Waals surface area contributed by atoms with E-state index in [0.717, 1.165) is 28.2 Å². The maximum Gasteiger partial charge on any atom is 0.305 e. The van der Waals surface area contributed by atoms with Crippen molar-refractivity contribution < 1.29 is 14.3 Å². The summed E-state index contributed by atoms with van der Waals surface area (Å²) in [4.78, 5) is 17.8. The van der Waals surface area contributed by atoms with E-state index in [1.54, 1.807) is 21.8 Å².